The number of carbonyl (C=O) groups is 1. The molecule has 0 aliphatic carbocycles. The van der Waals surface area contributed by atoms with E-state index in [1.165, 1.54) is 17.9 Å². The Morgan fingerprint density at radius 1 is 1.56 bits per heavy atom. The van der Waals surface area contributed by atoms with Crippen LogP contribution in [0.25, 0.3) is 5.69 Å². The average molecular weight is 261 g/mol. The number of aromatic nitrogens is 2. The maximum atomic E-state index is 11.6. The molecule has 0 saturated heterocycles. The van der Waals surface area contributed by atoms with Gasteiger partial charge in [-0.05, 0) is 18.2 Å². The molecule has 0 atom stereocenters. The SMILES string of the molecule is CNC(=O)c1cnn(-c2cccc(Cl)c2)c1C#N. The van der Waals surface area contributed by atoms with Gasteiger partial charge in [-0.3, -0.25) is 4.79 Å². The van der Waals surface area contributed by atoms with E-state index in [1.54, 1.807) is 24.3 Å². The number of nitrogens with zero attached hydrogens (tertiary/aromatic N) is 3. The van der Waals surface area contributed by atoms with Gasteiger partial charge in [0.05, 0.1) is 17.4 Å². The van der Waals surface area contributed by atoms with Crippen molar-refractivity contribution >= 4 is 17.5 Å². The molecule has 1 amide bonds. The third kappa shape index (κ3) is 2.06. The Labute approximate surface area is 109 Å². The first kappa shape index (κ1) is 12.1. The lowest BCUT2D eigenvalue weighted by Crippen LogP contribution is -2.18. The van der Waals surface area contributed by atoms with Crippen LogP contribution in [-0.2, 0) is 0 Å². The molecule has 1 aromatic heterocycles. The molecule has 0 unspecified atom stereocenters. The van der Waals surface area contributed by atoms with E-state index in [1.807, 2.05) is 6.07 Å². The summed E-state index contributed by atoms with van der Waals surface area (Å²) in [5, 5.41) is 16.2. The van der Waals surface area contributed by atoms with E-state index in [0.29, 0.717) is 10.7 Å². The van der Waals surface area contributed by atoms with Gasteiger partial charge in [0.2, 0.25) is 0 Å². The summed E-state index contributed by atoms with van der Waals surface area (Å²) in [6.07, 6.45) is 1.36. The smallest absolute Gasteiger partial charge is 0.255 e. The molecular formula is C12H9ClN4O. The van der Waals surface area contributed by atoms with Crippen molar-refractivity contribution in [3.63, 3.8) is 0 Å². The highest BCUT2D eigenvalue weighted by atomic mass is 35.5. The molecule has 0 saturated carbocycles. The lowest BCUT2D eigenvalue weighted by Gasteiger charge is -2.03. The molecule has 2 rings (SSSR count). The minimum Gasteiger partial charge on any atom is -0.355 e. The number of nitrogens with one attached hydrogen (secondary N) is 1. The van der Waals surface area contributed by atoms with Gasteiger partial charge in [-0.1, -0.05) is 17.7 Å². The van der Waals surface area contributed by atoms with Crippen LogP contribution in [0.5, 0.6) is 0 Å². The molecule has 0 spiro atoms. The van der Waals surface area contributed by atoms with Gasteiger partial charge >= 0.3 is 0 Å². The summed E-state index contributed by atoms with van der Waals surface area (Å²) in [7, 11) is 1.50. The zero-order valence-electron chi connectivity index (χ0n) is 9.51. The third-order valence-corrected chi connectivity index (χ3v) is 2.63. The van der Waals surface area contributed by atoms with Gasteiger partial charge in [0.25, 0.3) is 5.91 Å². The van der Waals surface area contributed by atoms with Gasteiger partial charge in [0, 0.05) is 12.1 Å². The maximum absolute atomic E-state index is 11.6. The normalized spacial score (nSPS) is 9.83. The predicted molar refractivity (Wildman–Crippen MR) is 66.7 cm³/mol. The molecule has 0 aliphatic heterocycles. The average Bonchev–Trinajstić information content (AvgIpc) is 2.81. The van der Waals surface area contributed by atoms with Crippen LogP contribution < -0.4 is 5.32 Å². The number of halogens is 1. The standard InChI is InChI=1S/C12H9ClN4O/c1-15-12(18)10-7-16-17(11(10)6-14)9-4-2-3-8(13)5-9/h2-5,7H,1H3,(H,15,18). The third-order valence-electron chi connectivity index (χ3n) is 2.40. The van der Waals surface area contributed by atoms with Gasteiger partial charge < -0.3 is 5.32 Å². The maximum Gasteiger partial charge on any atom is 0.255 e. The van der Waals surface area contributed by atoms with E-state index >= 15 is 0 Å². The Bertz CT molecular complexity index is 642. The summed E-state index contributed by atoms with van der Waals surface area (Å²) in [5.41, 5.74) is 1.05. The highest BCUT2D eigenvalue weighted by molar-refractivity contribution is 6.30. The zero-order chi connectivity index (χ0) is 13.1. The number of benzene rings is 1. The van der Waals surface area contributed by atoms with E-state index in [9.17, 15) is 4.79 Å². The molecule has 1 aromatic carbocycles. The monoisotopic (exact) mass is 260 g/mol. The second-order valence-corrected chi connectivity index (χ2v) is 3.93. The van der Waals surface area contributed by atoms with Crippen LogP contribution in [0.3, 0.4) is 0 Å². The summed E-state index contributed by atoms with van der Waals surface area (Å²) >= 11 is 5.88. The fourth-order valence-corrected chi connectivity index (χ4v) is 1.75. The van der Waals surface area contributed by atoms with Crippen LogP contribution in [0.15, 0.2) is 30.5 Å². The molecule has 90 valence electrons. The number of nitriles is 1. The first-order valence-electron chi connectivity index (χ1n) is 5.13. The van der Waals surface area contributed by atoms with Crippen molar-refractivity contribution in [1.82, 2.24) is 15.1 Å². The van der Waals surface area contributed by atoms with Crippen LogP contribution in [0.2, 0.25) is 5.02 Å². The van der Waals surface area contributed by atoms with Crippen molar-refractivity contribution in [2.75, 3.05) is 7.05 Å². The number of hydrogen-bond donors (Lipinski definition) is 1. The summed E-state index contributed by atoms with van der Waals surface area (Å²) < 4.78 is 1.39. The van der Waals surface area contributed by atoms with E-state index in [4.69, 9.17) is 16.9 Å². The highest BCUT2D eigenvalue weighted by Crippen LogP contribution is 2.17. The summed E-state index contributed by atoms with van der Waals surface area (Å²) in [6, 6.07) is 8.87. The van der Waals surface area contributed by atoms with Gasteiger partial charge in [0.15, 0.2) is 5.69 Å². The molecule has 0 aliphatic rings. The van der Waals surface area contributed by atoms with Crippen molar-refractivity contribution in [2.45, 2.75) is 0 Å². The number of rotatable bonds is 2. The lowest BCUT2D eigenvalue weighted by atomic mass is 10.2. The Morgan fingerprint density at radius 3 is 2.94 bits per heavy atom. The lowest BCUT2D eigenvalue weighted by molar-refractivity contribution is 0.0963. The molecular weight excluding hydrogens is 252 g/mol. The Hall–Kier alpha value is -2.32. The van der Waals surface area contributed by atoms with Crippen molar-refractivity contribution in [3.8, 4) is 11.8 Å². The van der Waals surface area contributed by atoms with E-state index < -0.39 is 0 Å². The van der Waals surface area contributed by atoms with Gasteiger partial charge in [-0.25, -0.2) is 4.68 Å². The van der Waals surface area contributed by atoms with E-state index in [0.717, 1.165) is 0 Å². The van der Waals surface area contributed by atoms with Crippen molar-refractivity contribution in [2.24, 2.45) is 0 Å². The number of carbonyl (C=O) groups excluding carboxylic acids is 1. The Morgan fingerprint density at radius 2 is 2.33 bits per heavy atom. The van der Waals surface area contributed by atoms with E-state index in [-0.39, 0.29) is 17.2 Å². The first-order chi connectivity index (χ1) is 8.67. The van der Waals surface area contributed by atoms with Crippen LogP contribution >= 0.6 is 11.6 Å². The van der Waals surface area contributed by atoms with Gasteiger partial charge in [-0.2, -0.15) is 10.4 Å². The first-order valence-corrected chi connectivity index (χ1v) is 5.51. The van der Waals surface area contributed by atoms with Crippen LogP contribution in [0, 0.1) is 11.3 Å². The predicted octanol–water partition coefficient (Wildman–Crippen LogP) is 1.76. The van der Waals surface area contributed by atoms with Crippen molar-refractivity contribution < 1.29 is 4.79 Å². The Balaban J connectivity index is 2.57. The molecule has 5 nitrogen and oxygen atoms in total. The van der Waals surface area contributed by atoms with Crippen LogP contribution in [-0.4, -0.2) is 22.7 Å². The minimum absolute atomic E-state index is 0.177. The van der Waals surface area contributed by atoms with Gasteiger partial charge in [0.1, 0.15) is 6.07 Å². The molecule has 0 bridgehead atoms. The summed E-state index contributed by atoms with van der Waals surface area (Å²) in [5.74, 6) is -0.347. The fourth-order valence-electron chi connectivity index (χ4n) is 1.56. The quantitative estimate of drug-likeness (QED) is 0.894. The van der Waals surface area contributed by atoms with Crippen molar-refractivity contribution in [3.05, 3.63) is 46.7 Å². The molecule has 1 heterocycles. The molecule has 0 fully saturated rings. The molecule has 2 aromatic rings. The van der Waals surface area contributed by atoms with Crippen LogP contribution in [0.1, 0.15) is 16.1 Å². The second-order valence-electron chi connectivity index (χ2n) is 3.49. The molecule has 0 radical (unpaired) electrons. The number of hydrogen-bond acceptors (Lipinski definition) is 3. The van der Waals surface area contributed by atoms with Gasteiger partial charge in [-0.15, -0.1) is 0 Å². The zero-order valence-corrected chi connectivity index (χ0v) is 10.3. The highest BCUT2D eigenvalue weighted by Gasteiger charge is 2.17. The summed E-state index contributed by atoms with van der Waals surface area (Å²) in [4.78, 5) is 11.6. The second kappa shape index (κ2) is 4.90. The number of amides is 1. The molecule has 18 heavy (non-hydrogen) atoms. The van der Waals surface area contributed by atoms with E-state index in [2.05, 4.69) is 10.4 Å². The largest absolute Gasteiger partial charge is 0.355 e. The Kier molecular flexibility index (Phi) is 3.31. The van der Waals surface area contributed by atoms with Crippen LogP contribution in [0.4, 0.5) is 0 Å². The fraction of sp³-hybridized carbons (Fsp3) is 0.0833. The molecule has 6 heteroatoms. The minimum atomic E-state index is -0.347. The topological polar surface area (TPSA) is 70.7 Å². The summed E-state index contributed by atoms with van der Waals surface area (Å²) in [6.45, 7) is 0. The molecule has 1 N–H and O–H groups in total. The van der Waals surface area contributed by atoms with Crippen molar-refractivity contribution in [1.29, 1.82) is 5.26 Å².